The van der Waals surface area contributed by atoms with Gasteiger partial charge in [-0.2, -0.15) is 0 Å². The monoisotopic (exact) mass is 343 g/mol. The van der Waals surface area contributed by atoms with E-state index in [1.165, 1.54) is 18.3 Å². The van der Waals surface area contributed by atoms with Crippen molar-refractivity contribution in [3.63, 3.8) is 0 Å². The van der Waals surface area contributed by atoms with Gasteiger partial charge in [-0.1, -0.05) is 17.3 Å². The van der Waals surface area contributed by atoms with Crippen molar-refractivity contribution in [3.05, 3.63) is 45.7 Å². The zero-order valence-corrected chi connectivity index (χ0v) is 13.5. The number of Topliss-reactive ketones (excluding diaryl/α,β-unsaturated/α-hetero) is 1. The Morgan fingerprint density at radius 1 is 1.29 bits per heavy atom. The molecule has 0 unspecified atom stereocenters. The molecule has 3 aromatic rings. The topological polar surface area (TPSA) is 107 Å². The van der Waals surface area contributed by atoms with Crippen LogP contribution in [0.4, 0.5) is 5.13 Å². The van der Waals surface area contributed by atoms with Gasteiger partial charge in [-0.05, 0) is 12.1 Å². The Morgan fingerprint density at radius 2 is 2.08 bits per heavy atom. The number of nitrogens with one attached hydrogen (secondary N) is 1. The maximum Gasteiger partial charge on any atom is 0.277 e. The molecule has 1 aromatic carbocycles. The summed E-state index contributed by atoms with van der Waals surface area (Å²) < 4.78 is 1.16. The minimum Gasteiger partial charge on any atom is -0.302 e. The van der Waals surface area contributed by atoms with E-state index in [4.69, 9.17) is 0 Å². The molecule has 0 aliphatic carbocycles. The van der Waals surface area contributed by atoms with Crippen LogP contribution in [-0.4, -0.2) is 31.7 Å². The largest absolute Gasteiger partial charge is 0.302 e. The van der Waals surface area contributed by atoms with Crippen molar-refractivity contribution < 1.29 is 9.59 Å². The first-order valence-corrected chi connectivity index (χ1v) is 8.01. The Bertz CT molecular complexity index is 978. The number of hydrogen-bond donors (Lipinski definition) is 1. The second-order valence-electron chi connectivity index (χ2n) is 5.03. The number of aromatic nitrogens is 4. The van der Waals surface area contributed by atoms with Crippen molar-refractivity contribution in [2.75, 3.05) is 5.32 Å². The Labute approximate surface area is 140 Å². The summed E-state index contributed by atoms with van der Waals surface area (Å²) in [5, 5.41) is 12.8. The van der Waals surface area contributed by atoms with E-state index in [2.05, 4.69) is 20.6 Å². The summed E-state index contributed by atoms with van der Waals surface area (Å²) in [5.41, 5.74) is 0.538. The number of nitrogens with zero attached hydrogens (tertiary/aromatic N) is 4. The molecule has 122 valence electrons. The van der Waals surface area contributed by atoms with E-state index in [1.54, 1.807) is 29.6 Å². The van der Waals surface area contributed by atoms with Gasteiger partial charge < -0.3 is 5.32 Å². The molecule has 0 aliphatic heterocycles. The number of thiazole rings is 1. The Hall–Kier alpha value is -2.94. The van der Waals surface area contributed by atoms with Crippen molar-refractivity contribution >= 4 is 39.1 Å². The molecular weight excluding hydrogens is 330 g/mol. The summed E-state index contributed by atoms with van der Waals surface area (Å²) in [5.74, 6) is -0.481. The van der Waals surface area contributed by atoms with E-state index < -0.39 is 0 Å². The summed E-state index contributed by atoms with van der Waals surface area (Å²) in [6.07, 6.45) is 0.0436. The van der Waals surface area contributed by atoms with E-state index in [9.17, 15) is 14.4 Å². The van der Waals surface area contributed by atoms with Gasteiger partial charge >= 0.3 is 0 Å². The Kier molecular flexibility index (Phi) is 4.43. The number of hydrogen-bond acceptors (Lipinski definition) is 7. The third kappa shape index (κ3) is 3.35. The van der Waals surface area contributed by atoms with Crippen LogP contribution in [0, 0.1) is 0 Å². The smallest absolute Gasteiger partial charge is 0.277 e. The molecule has 0 radical (unpaired) electrons. The zero-order valence-electron chi connectivity index (χ0n) is 12.7. The Balaban J connectivity index is 1.67. The molecule has 8 nitrogen and oxygen atoms in total. The molecule has 1 N–H and O–H groups in total. The van der Waals surface area contributed by atoms with Crippen molar-refractivity contribution in [1.29, 1.82) is 0 Å². The van der Waals surface area contributed by atoms with E-state index in [1.807, 2.05) is 0 Å². The molecule has 24 heavy (non-hydrogen) atoms. The van der Waals surface area contributed by atoms with Gasteiger partial charge in [0.25, 0.3) is 5.56 Å². The number of benzene rings is 1. The van der Waals surface area contributed by atoms with Gasteiger partial charge in [-0.15, -0.1) is 16.4 Å². The highest BCUT2D eigenvalue weighted by atomic mass is 32.1. The second-order valence-corrected chi connectivity index (χ2v) is 5.89. The van der Waals surface area contributed by atoms with E-state index in [-0.39, 0.29) is 30.2 Å². The van der Waals surface area contributed by atoms with Crippen LogP contribution in [0.2, 0.25) is 0 Å². The molecule has 0 aliphatic rings. The third-order valence-electron chi connectivity index (χ3n) is 3.29. The number of amides is 1. The van der Waals surface area contributed by atoms with Gasteiger partial charge in [-0.25, -0.2) is 9.67 Å². The quantitative estimate of drug-likeness (QED) is 0.703. The van der Waals surface area contributed by atoms with Gasteiger partial charge in [0.05, 0.1) is 11.9 Å². The summed E-state index contributed by atoms with van der Waals surface area (Å²) in [6.45, 7) is 1.51. The summed E-state index contributed by atoms with van der Waals surface area (Å²) in [6, 6.07) is 6.90. The zero-order chi connectivity index (χ0) is 17.1. The fourth-order valence-electron chi connectivity index (χ4n) is 2.05. The molecule has 1 amide bonds. The first kappa shape index (κ1) is 15.9. The van der Waals surface area contributed by atoms with Crippen LogP contribution in [-0.2, 0) is 11.3 Å². The maximum atomic E-state index is 12.3. The van der Waals surface area contributed by atoms with Crippen LogP contribution in [0.5, 0.6) is 0 Å². The van der Waals surface area contributed by atoms with Crippen LogP contribution in [0.1, 0.15) is 23.8 Å². The van der Waals surface area contributed by atoms with Crippen LogP contribution in [0.25, 0.3) is 10.9 Å². The molecular formula is C15H13N5O3S. The van der Waals surface area contributed by atoms with E-state index >= 15 is 0 Å². The first-order valence-electron chi connectivity index (χ1n) is 7.13. The number of fused-ring (bicyclic) bond motifs is 1. The fraction of sp³-hybridized carbons (Fsp3) is 0.200. The second kappa shape index (κ2) is 6.67. The molecule has 0 atom stereocenters. The minimum atomic E-state index is -0.318. The van der Waals surface area contributed by atoms with Crippen molar-refractivity contribution in [1.82, 2.24) is 20.0 Å². The molecule has 2 aromatic heterocycles. The minimum absolute atomic E-state index is 0.0436. The van der Waals surface area contributed by atoms with Gasteiger partial charge in [0, 0.05) is 18.7 Å². The SMILES string of the molecule is CC(=O)c1csc(NC(=O)CCn2nnc3ccccc3c2=O)n1. The molecule has 0 spiro atoms. The number of anilines is 1. The molecule has 0 fully saturated rings. The fourth-order valence-corrected chi connectivity index (χ4v) is 2.82. The number of ketones is 1. The molecule has 0 saturated heterocycles. The van der Waals surface area contributed by atoms with Gasteiger partial charge in [0.1, 0.15) is 11.2 Å². The lowest BCUT2D eigenvalue weighted by atomic mass is 10.2. The van der Waals surface area contributed by atoms with E-state index in [0.717, 1.165) is 4.68 Å². The van der Waals surface area contributed by atoms with Crippen LogP contribution in [0.15, 0.2) is 34.4 Å². The average molecular weight is 343 g/mol. The van der Waals surface area contributed by atoms with Gasteiger partial charge in [-0.3, -0.25) is 14.4 Å². The van der Waals surface area contributed by atoms with Crippen molar-refractivity contribution in [2.45, 2.75) is 19.9 Å². The lowest BCUT2D eigenvalue weighted by molar-refractivity contribution is -0.116. The maximum absolute atomic E-state index is 12.3. The third-order valence-corrected chi connectivity index (χ3v) is 4.05. The van der Waals surface area contributed by atoms with E-state index in [0.29, 0.717) is 21.7 Å². The highest BCUT2D eigenvalue weighted by Gasteiger charge is 2.11. The standard InChI is InChI=1S/C15H13N5O3S/c1-9(21)12-8-24-15(16-12)17-13(22)6-7-20-14(23)10-4-2-3-5-11(10)18-19-20/h2-5,8H,6-7H2,1H3,(H,16,17,22). The molecule has 9 heteroatoms. The number of aryl methyl sites for hydroxylation is 1. The van der Waals surface area contributed by atoms with Crippen molar-refractivity contribution in [3.8, 4) is 0 Å². The molecule has 2 heterocycles. The average Bonchev–Trinajstić information content (AvgIpc) is 3.03. The highest BCUT2D eigenvalue weighted by Crippen LogP contribution is 2.15. The van der Waals surface area contributed by atoms with Crippen LogP contribution in [0.3, 0.4) is 0 Å². The summed E-state index contributed by atoms with van der Waals surface area (Å²) >= 11 is 1.17. The molecule has 3 rings (SSSR count). The normalized spacial score (nSPS) is 10.7. The predicted octanol–water partition coefficient (Wildman–Crippen LogP) is 1.48. The number of rotatable bonds is 5. The number of carbonyl (C=O) groups excluding carboxylic acids is 2. The predicted molar refractivity (Wildman–Crippen MR) is 89.2 cm³/mol. The number of carbonyl (C=O) groups is 2. The van der Waals surface area contributed by atoms with Crippen LogP contribution < -0.4 is 10.9 Å². The lowest BCUT2D eigenvalue weighted by Crippen LogP contribution is -2.26. The summed E-state index contributed by atoms with van der Waals surface area (Å²) in [4.78, 5) is 39.4. The molecule has 0 saturated carbocycles. The van der Waals surface area contributed by atoms with Gasteiger partial charge in [0.2, 0.25) is 5.91 Å². The molecule has 0 bridgehead atoms. The first-order chi connectivity index (χ1) is 11.5. The highest BCUT2D eigenvalue weighted by molar-refractivity contribution is 7.14. The Morgan fingerprint density at radius 3 is 2.83 bits per heavy atom. The lowest BCUT2D eigenvalue weighted by Gasteiger charge is -2.04. The van der Waals surface area contributed by atoms with Gasteiger partial charge in [0.15, 0.2) is 10.9 Å². The van der Waals surface area contributed by atoms with Crippen LogP contribution >= 0.6 is 11.3 Å². The summed E-state index contributed by atoms with van der Waals surface area (Å²) in [7, 11) is 0. The van der Waals surface area contributed by atoms with Crippen molar-refractivity contribution in [2.24, 2.45) is 0 Å².